The number of aliphatic hydroxyl groups excluding tert-OH is 1. The lowest BCUT2D eigenvalue weighted by Gasteiger charge is -2.19. The van der Waals surface area contributed by atoms with Crippen molar-refractivity contribution in [2.45, 2.75) is 26.7 Å². The van der Waals surface area contributed by atoms with Crippen LogP contribution in [0.2, 0.25) is 0 Å². The predicted octanol–water partition coefficient (Wildman–Crippen LogP) is 1.54. The van der Waals surface area contributed by atoms with E-state index in [0.29, 0.717) is 24.2 Å². The fraction of sp³-hybridized carbons (Fsp3) is 0.471. The van der Waals surface area contributed by atoms with Crippen LogP contribution in [-0.2, 0) is 0 Å². The van der Waals surface area contributed by atoms with Gasteiger partial charge in [-0.1, -0.05) is 13.3 Å². The summed E-state index contributed by atoms with van der Waals surface area (Å²) in [5.41, 5.74) is 1.00. The lowest BCUT2D eigenvalue weighted by atomic mass is 10.0. The Balaban J connectivity index is 2.28. The third-order valence-electron chi connectivity index (χ3n) is 3.99. The molecule has 1 aliphatic rings. The molecule has 1 aromatic rings. The summed E-state index contributed by atoms with van der Waals surface area (Å²) < 4.78 is 0. The van der Waals surface area contributed by atoms with Crippen molar-refractivity contribution in [3.63, 3.8) is 0 Å². The van der Waals surface area contributed by atoms with E-state index in [9.17, 15) is 14.4 Å². The second-order valence-corrected chi connectivity index (χ2v) is 5.48. The van der Waals surface area contributed by atoms with Gasteiger partial charge < -0.3 is 10.0 Å². The molecule has 1 aliphatic heterocycles. The molecular formula is C17H22N2O4. The predicted molar refractivity (Wildman–Crippen MR) is 85.4 cm³/mol. The molecule has 0 aromatic heterocycles. The van der Waals surface area contributed by atoms with Gasteiger partial charge >= 0.3 is 0 Å². The highest BCUT2D eigenvalue weighted by molar-refractivity contribution is 6.22. The number of amides is 3. The Morgan fingerprint density at radius 3 is 2.48 bits per heavy atom. The van der Waals surface area contributed by atoms with E-state index >= 15 is 0 Å². The van der Waals surface area contributed by atoms with Gasteiger partial charge in [0.15, 0.2) is 0 Å². The quantitative estimate of drug-likeness (QED) is 0.774. The molecular weight excluding hydrogens is 296 g/mol. The van der Waals surface area contributed by atoms with Crippen molar-refractivity contribution in [2.24, 2.45) is 0 Å². The summed E-state index contributed by atoms with van der Waals surface area (Å²) >= 11 is 0. The number of likely N-dealkylation sites (N-methyl/N-ethyl adjacent to an activating group) is 1. The van der Waals surface area contributed by atoms with Gasteiger partial charge in [-0.25, -0.2) is 0 Å². The van der Waals surface area contributed by atoms with Gasteiger partial charge in [0.2, 0.25) is 0 Å². The van der Waals surface area contributed by atoms with Crippen LogP contribution < -0.4 is 0 Å². The summed E-state index contributed by atoms with van der Waals surface area (Å²) in [6.07, 6.45) is 1.65. The second kappa shape index (κ2) is 7.37. The number of nitrogens with zero attached hydrogens (tertiary/aromatic N) is 2. The number of carbonyl (C=O) groups excluding carboxylic acids is 3. The molecule has 0 saturated heterocycles. The smallest absolute Gasteiger partial charge is 0.261 e. The van der Waals surface area contributed by atoms with Crippen molar-refractivity contribution in [3.8, 4) is 0 Å². The number of carbonyl (C=O) groups is 3. The molecule has 6 nitrogen and oxygen atoms in total. The summed E-state index contributed by atoms with van der Waals surface area (Å²) in [6.45, 7) is 4.80. The van der Waals surface area contributed by atoms with Gasteiger partial charge in [0.05, 0.1) is 17.7 Å². The largest absolute Gasteiger partial charge is 0.395 e. The number of imide groups is 1. The maximum absolute atomic E-state index is 12.4. The Bertz CT molecular complexity index is 627. The molecule has 0 unspecified atom stereocenters. The van der Waals surface area contributed by atoms with Crippen LogP contribution >= 0.6 is 0 Å². The zero-order valence-electron chi connectivity index (χ0n) is 13.5. The van der Waals surface area contributed by atoms with Crippen molar-refractivity contribution in [2.75, 3.05) is 26.2 Å². The summed E-state index contributed by atoms with van der Waals surface area (Å²) in [5, 5.41) is 9.01. The molecule has 6 heteroatoms. The van der Waals surface area contributed by atoms with Crippen LogP contribution in [0.4, 0.5) is 0 Å². The molecule has 0 atom stereocenters. The standard InChI is InChI=1S/C17H22N2O4/c1-3-5-8-19-16(22)13-7-6-12(11-14(13)17(19)23)15(21)18(4-2)9-10-20/h6-7,11,20H,3-5,8-10H2,1-2H3. The number of rotatable bonds is 7. The first-order valence-electron chi connectivity index (χ1n) is 7.95. The first-order valence-corrected chi connectivity index (χ1v) is 7.95. The second-order valence-electron chi connectivity index (χ2n) is 5.48. The summed E-state index contributed by atoms with van der Waals surface area (Å²) in [7, 11) is 0. The van der Waals surface area contributed by atoms with E-state index in [1.165, 1.54) is 15.9 Å². The molecule has 23 heavy (non-hydrogen) atoms. The molecule has 3 amide bonds. The summed E-state index contributed by atoms with van der Waals surface area (Å²) in [6, 6.07) is 4.60. The summed E-state index contributed by atoms with van der Waals surface area (Å²) in [5.74, 6) is -0.880. The zero-order chi connectivity index (χ0) is 17.0. The number of hydrogen-bond acceptors (Lipinski definition) is 4. The number of aliphatic hydroxyl groups is 1. The number of benzene rings is 1. The van der Waals surface area contributed by atoms with Crippen LogP contribution in [0.15, 0.2) is 18.2 Å². The number of hydrogen-bond donors (Lipinski definition) is 1. The molecule has 1 N–H and O–H groups in total. The van der Waals surface area contributed by atoms with E-state index in [1.54, 1.807) is 12.1 Å². The van der Waals surface area contributed by atoms with Crippen LogP contribution in [-0.4, -0.2) is 58.9 Å². The van der Waals surface area contributed by atoms with E-state index in [0.717, 1.165) is 12.8 Å². The van der Waals surface area contributed by atoms with Crippen LogP contribution in [0, 0.1) is 0 Å². The van der Waals surface area contributed by atoms with Crippen molar-refractivity contribution in [1.29, 1.82) is 0 Å². The first-order chi connectivity index (χ1) is 11.0. The third kappa shape index (κ3) is 3.27. The normalized spacial score (nSPS) is 13.4. The van der Waals surface area contributed by atoms with Crippen molar-refractivity contribution < 1.29 is 19.5 Å². The van der Waals surface area contributed by atoms with Crippen molar-refractivity contribution >= 4 is 17.7 Å². The minimum absolute atomic E-state index is 0.118. The average molecular weight is 318 g/mol. The van der Waals surface area contributed by atoms with Crippen LogP contribution in [0.5, 0.6) is 0 Å². The Morgan fingerprint density at radius 2 is 1.87 bits per heavy atom. The Hall–Kier alpha value is -2.21. The molecule has 0 bridgehead atoms. The van der Waals surface area contributed by atoms with E-state index in [1.807, 2.05) is 13.8 Å². The minimum atomic E-state index is -0.335. The maximum Gasteiger partial charge on any atom is 0.261 e. The van der Waals surface area contributed by atoms with Gasteiger partial charge in [0, 0.05) is 25.2 Å². The topological polar surface area (TPSA) is 77.9 Å². The van der Waals surface area contributed by atoms with Crippen LogP contribution in [0.1, 0.15) is 57.8 Å². The molecule has 0 radical (unpaired) electrons. The highest BCUT2D eigenvalue weighted by atomic mass is 16.3. The fourth-order valence-corrected chi connectivity index (χ4v) is 2.65. The van der Waals surface area contributed by atoms with Gasteiger partial charge in [-0.05, 0) is 31.5 Å². The SMILES string of the molecule is CCCCN1C(=O)c2ccc(C(=O)N(CC)CCO)cc2C1=O. The molecule has 2 rings (SSSR count). The zero-order valence-corrected chi connectivity index (χ0v) is 13.5. The molecule has 0 aliphatic carbocycles. The van der Waals surface area contributed by atoms with Crippen LogP contribution in [0.25, 0.3) is 0 Å². The fourth-order valence-electron chi connectivity index (χ4n) is 2.65. The van der Waals surface area contributed by atoms with Crippen molar-refractivity contribution in [3.05, 3.63) is 34.9 Å². The monoisotopic (exact) mass is 318 g/mol. The molecule has 124 valence electrons. The van der Waals surface area contributed by atoms with E-state index in [4.69, 9.17) is 5.11 Å². The molecule has 1 aromatic carbocycles. The first kappa shape index (κ1) is 17.1. The highest BCUT2D eigenvalue weighted by Gasteiger charge is 2.35. The maximum atomic E-state index is 12.4. The van der Waals surface area contributed by atoms with Gasteiger partial charge in [0.25, 0.3) is 17.7 Å². The number of unbranched alkanes of at least 4 members (excludes halogenated alkanes) is 1. The Labute approximate surface area is 135 Å². The third-order valence-corrected chi connectivity index (χ3v) is 3.99. The average Bonchev–Trinajstić information content (AvgIpc) is 2.81. The summed E-state index contributed by atoms with van der Waals surface area (Å²) in [4.78, 5) is 39.8. The lowest BCUT2D eigenvalue weighted by molar-refractivity contribution is 0.0652. The molecule has 0 spiro atoms. The number of fused-ring (bicyclic) bond motifs is 1. The highest BCUT2D eigenvalue weighted by Crippen LogP contribution is 2.25. The van der Waals surface area contributed by atoms with Gasteiger partial charge in [-0.2, -0.15) is 0 Å². The van der Waals surface area contributed by atoms with Gasteiger partial charge in [-0.3, -0.25) is 19.3 Å². The Kier molecular flexibility index (Phi) is 5.50. The minimum Gasteiger partial charge on any atom is -0.395 e. The van der Waals surface area contributed by atoms with Crippen LogP contribution in [0.3, 0.4) is 0 Å². The van der Waals surface area contributed by atoms with E-state index in [2.05, 4.69) is 0 Å². The van der Waals surface area contributed by atoms with E-state index < -0.39 is 0 Å². The molecule has 1 heterocycles. The van der Waals surface area contributed by atoms with Crippen molar-refractivity contribution in [1.82, 2.24) is 9.80 Å². The van der Waals surface area contributed by atoms with Gasteiger partial charge in [0.1, 0.15) is 0 Å². The van der Waals surface area contributed by atoms with Gasteiger partial charge in [-0.15, -0.1) is 0 Å². The lowest BCUT2D eigenvalue weighted by Crippen LogP contribution is -2.33. The van der Waals surface area contributed by atoms with E-state index in [-0.39, 0.29) is 36.4 Å². The molecule has 0 saturated carbocycles. The molecule has 0 fully saturated rings. The Morgan fingerprint density at radius 1 is 1.17 bits per heavy atom.